The first kappa shape index (κ1) is 20.4. The number of carbonyl (C=O) groups is 1. The highest BCUT2D eigenvalue weighted by Crippen LogP contribution is 2.22. The summed E-state index contributed by atoms with van der Waals surface area (Å²) in [5, 5.41) is 2.78. The number of nitrogens with one attached hydrogen (secondary N) is 2. The summed E-state index contributed by atoms with van der Waals surface area (Å²) in [6.45, 7) is 3.59. The first-order chi connectivity index (χ1) is 13.8. The van der Waals surface area contributed by atoms with E-state index in [9.17, 15) is 13.2 Å². The Morgan fingerprint density at radius 1 is 0.897 bits per heavy atom. The minimum absolute atomic E-state index is 0.234. The third-order valence-electron chi connectivity index (χ3n) is 4.36. The van der Waals surface area contributed by atoms with Gasteiger partial charge in [0, 0.05) is 23.0 Å². The molecule has 0 radical (unpaired) electrons. The molecule has 2 N–H and O–H groups in total. The van der Waals surface area contributed by atoms with Crippen LogP contribution in [0.15, 0.2) is 71.6 Å². The smallest absolute Gasteiger partial charge is 0.262 e. The van der Waals surface area contributed by atoms with Gasteiger partial charge in [-0.05, 0) is 67.4 Å². The van der Waals surface area contributed by atoms with Gasteiger partial charge >= 0.3 is 0 Å². The van der Waals surface area contributed by atoms with Crippen molar-refractivity contribution in [2.45, 2.75) is 18.7 Å². The van der Waals surface area contributed by atoms with E-state index in [-0.39, 0.29) is 10.8 Å². The third-order valence-corrected chi connectivity index (χ3v) is 5.88. The van der Waals surface area contributed by atoms with Gasteiger partial charge in [-0.15, -0.1) is 0 Å². The van der Waals surface area contributed by atoms with Crippen LogP contribution in [0.3, 0.4) is 0 Å². The summed E-state index contributed by atoms with van der Waals surface area (Å²) < 4.78 is 33.1. The maximum atomic E-state index is 12.7. The van der Waals surface area contributed by atoms with Gasteiger partial charge in [0.2, 0.25) is 0 Å². The molecule has 0 aromatic heterocycles. The lowest BCUT2D eigenvalue weighted by molar-refractivity contribution is 0.102. The lowest BCUT2D eigenvalue weighted by Crippen LogP contribution is -2.15. The minimum atomic E-state index is -3.72. The molecule has 150 valence electrons. The number of rotatable bonds is 6. The molecule has 3 rings (SSSR count). The van der Waals surface area contributed by atoms with Crippen molar-refractivity contribution in [1.29, 1.82) is 0 Å². The second-order valence-corrected chi connectivity index (χ2v) is 8.29. The van der Waals surface area contributed by atoms with Crippen LogP contribution in [-0.4, -0.2) is 21.4 Å². The molecule has 0 heterocycles. The molecule has 6 nitrogen and oxygen atoms in total. The van der Waals surface area contributed by atoms with Crippen molar-refractivity contribution in [3.8, 4) is 5.75 Å². The minimum Gasteiger partial charge on any atom is -0.497 e. The van der Waals surface area contributed by atoms with Crippen LogP contribution in [0.1, 0.15) is 21.5 Å². The Labute approximate surface area is 170 Å². The van der Waals surface area contributed by atoms with E-state index in [1.165, 1.54) is 0 Å². The number of aryl methyl sites for hydroxylation is 2. The van der Waals surface area contributed by atoms with Crippen molar-refractivity contribution in [3.05, 3.63) is 83.4 Å². The molecule has 0 atom stereocenters. The molecule has 0 saturated heterocycles. The molecular formula is C22H22N2O4S. The Morgan fingerprint density at radius 3 is 2.31 bits per heavy atom. The van der Waals surface area contributed by atoms with Crippen LogP contribution in [0.4, 0.5) is 11.4 Å². The largest absolute Gasteiger partial charge is 0.497 e. The van der Waals surface area contributed by atoms with Crippen LogP contribution in [0.2, 0.25) is 0 Å². The van der Waals surface area contributed by atoms with Gasteiger partial charge < -0.3 is 10.1 Å². The van der Waals surface area contributed by atoms with Crippen molar-refractivity contribution in [1.82, 2.24) is 0 Å². The molecule has 0 unspecified atom stereocenters. The van der Waals surface area contributed by atoms with E-state index in [0.717, 1.165) is 5.56 Å². The second-order valence-electron chi connectivity index (χ2n) is 6.64. The summed E-state index contributed by atoms with van der Waals surface area (Å²) in [4.78, 5) is 12.7. The molecule has 3 aromatic carbocycles. The van der Waals surface area contributed by atoms with E-state index in [1.54, 1.807) is 74.7 Å². The topological polar surface area (TPSA) is 84.5 Å². The van der Waals surface area contributed by atoms with E-state index in [0.29, 0.717) is 28.3 Å². The summed E-state index contributed by atoms with van der Waals surface area (Å²) >= 11 is 0. The fourth-order valence-corrected chi connectivity index (χ4v) is 4.19. The Hall–Kier alpha value is -3.32. The fraction of sp³-hybridized carbons (Fsp3) is 0.136. The lowest BCUT2D eigenvalue weighted by atomic mass is 10.2. The van der Waals surface area contributed by atoms with Crippen molar-refractivity contribution in [2.75, 3.05) is 17.1 Å². The Morgan fingerprint density at radius 2 is 1.62 bits per heavy atom. The van der Waals surface area contributed by atoms with Gasteiger partial charge in [-0.25, -0.2) is 8.42 Å². The monoisotopic (exact) mass is 410 g/mol. The van der Waals surface area contributed by atoms with E-state index in [1.807, 2.05) is 13.0 Å². The number of amides is 1. The highest BCUT2D eigenvalue weighted by Gasteiger charge is 2.17. The van der Waals surface area contributed by atoms with Gasteiger partial charge in [-0.3, -0.25) is 9.52 Å². The second kappa shape index (κ2) is 8.36. The summed E-state index contributed by atoms with van der Waals surface area (Å²) in [6.07, 6.45) is 0. The van der Waals surface area contributed by atoms with E-state index in [4.69, 9.17) is 4.74 Å². The van der Waals surface area contributed by atoms with Crippen LogP contribution in [0, 0.1) is 13.8 Å². The molecule has 0 aliphatic heterocycles. The van der Waals surface area contributed by atoms with Gasteiger partial charge in [0.25, 0.3) is 15.9 Å². The average molecular weight is 410 g/mol. The van der Waals surface area contributed by atoms with Gasteiger partial charge in [0.1, 0.15) is 5.75 Å². The Kier molecular flexibility index (Phi) is 5.89. The van der Waals surface area contributed by atoms with Gasteiger partial charge in [0.05, 0.1) is 12.0 Å². The van der Waals surface area contributed by atoms with Crippen molar-refractivity contribution in [2.24, 2.45) is 0 Å². The number of hydrogen-bond donors (Lipinski definition) is 2. The standard InChI is InChI=1S/C22H22N2O4S/c1-15-7-8-16(2)21(13-15)29(26,27)24-18-11-9-17(10-12-18)22(25)23-19-5-4-6-20(14-19)28-3/h4-14,24H,1-3H3,(H,23,25). The molecule has 0 aliphatic rings. The van der Waals surface area contributed by atoms with Gasteiger partial charge in [-0.2, -0.15) is 0 Å². The van der Waals surface area contributed by atoms with E-state index in [2.05, 4.69) is 10.0 Å². The first-order valence-electron chi connectivity index (χ1n) is 8.94. The third kappa shape index (κ3) is 4.94. The maximum Gasteiger partial charge on any atom is 0.262 e. The average Bonchev–Trinajstić information content (AvgIpc) is 2.70. The number of sulfonamides is 1. The number of anilines is 2. The normalized spacial score (nSPS) is 11.0. The van der Waals surface area contributed by atoms with Gasteiger partial charge in [0.15, 0.2) is 0 Å². The van der Waals surface area contributed by atoms with Crippen LogP contribution in [-0.2, 0) is 10.0 Å². The van der Waals surface area contributed by atoms with Crippen molar-refractivity contribution < 1.29 is 17.9 Å². The molecule has 29 heavy (non-hydrogen) atoms. The number of carbonyl (C=O) groups excluding carboxylic acids is 1. The summed E-state index contributed by atoms with van der Waals surface area (Å²) in [6, 6.07) is 18.6. The van der Waals surface area contributed by atoms with Crippen molar-refractivity contribution >= 4 is 27.3 Å². The number of methoxy groups -OCH3 is 1. The molecule has 0 bridgehead atoms. The molecule has 0 aliphatic carbocycles. The fourth-order valence-electron chi connectivity index (χ4n) is 2.80. The molecule has 3 aromatic rings. The van der Waals surface area contributed by atoms with E-state index >= 15 is 0 Å². The quantitative estimate of drug-likeness (QED) is 0.632. The van der Waals surface area contributed by atoms with Crippen LogP contribution >= 0.6 is 0 Å². The summed E-state index contributed by atoms with van der Waals surface area (Å²) in [7, 11) is -2.17. The van der Waals surface area contributed by atoms with E-state index < -0.39 is 10.0 Å². The number of benzene rings is 3. The molecular weight excluding hydrogens is 388 g/mol. The zero-order chi connectivity index (χ0) is 21.0. The molecule has 0 spiro atoms. The predicted molar refractivity (Wildman–Crippen MR) is 114 cm³/mol. The summed E-state index contributed by atoms with van der Waals surface area (Å²) in [5.74, 6) is 0.334. The number of hydrogen-bond acceptors (Lipinski definition) is 4. The van der Waals surface area contributed by atoms with Crippen molar-refractivity contribution in [3.63, 3.8) is 0 Å². The lowest BCUT2D eigenvalue weighted by Gasteiger charge is -2.12. The van der Waals surface area contributed by atoms with Gasteiger partial charge in [-0.1, -0.05) is 18.2 Å². The first-order valence-corrected chi connectivity index (χ1v) is 10.4. The SMILES string of the molecule is COc1cccc(NC(=O)c2ccc(NS(=O)(=O)c3cc(C)ccc3C)cc2)c1. The predicted octanol–water partition coefficient (Wildman–Crippen LogP) is 4.37. The molecule has 1 amide bonds. The zero-order valence-corrected chi connectivity index (χ0v) is 17.2. The highest BCUT2D eigenvalue weighted by atomic mass is 32.2. The molecule has 7 heteroatoms. The van der Waals surface area contributed by atoms with Crippen LogP contribution in [0.5, 0.6) is 5.75 Å². The summed E-state index contributed by atoms with van der Waals surface area (Å²) in [5.41, 5.74) is 2.92. The Balaban J connectivity index is 1.74. The zero-order valence-electron chi connectivity index (χ0n) is 16.4. The number of ether oxygens (including phenoxy) is 1. The molecule has 0 saturated carbocycles. The highest BCUT2D eigenvalue weighted by molar-refractivity contribution is 7.92. The van der Waals surface area contributed by atoms with Crippen LogP contribution < -0.4 is 14.8 Å². The maximum absolute atomic E-state index is 12.7. The van der Waals surface area contributed by atoms with Crippen LogP contribution in [0.25, 0.3) is 0 Å². The Bertz CT molecular complexity index is 1140. The molecule has 0 fully saturated rings.